The molecular formula is C18H17FINO3. The second kappa shape index (κ2) is 8.77. The van der Waals surface area contributed by atoms with Crippen LogP contribution in [0.4, 0.5) is 4.39 Å². The second-order valence-electron chi connectivity index (χ2n) is 5.42. The van der Waals surface area contributed by atoms with Crippen LogP contribution in [0.2, 0.25) is 0 Å². The lowest BCUT2D eigenvalue weighted by Gasteiger charge is -2.15. The average Bonchev–Trinajstić information content (AvgIpc) is 2.55. The molecule has 0 saturated carbocycles. The summed E-state index contributed by atoms with van der Waals surface area (Å²) >= 11 is 2.17. The Balaban J connectivity index is 1.89. The van der Waals surface area contributed by atoms with Crippen molar-refractivity contribution < 1.29 is 19.1 Å². The number of hydrogen-bond acceptors (Lipinski definition) is 2. The standard InChI is InChI=1S/C18H17FINO3/c19-14-6-1-12(2-7-14)5-10-17(22)21-16(18(23)24)11-13-3-8-15(20)9-4-13/h1-4,6-9,16H,5,10-11H2,(H,21,22)(H,23,24). The van der Waals surface area contributed by atoms with Crippen molar-refractivity contribution in [2.45, 2.75) is 25.3 Å². The van der Waals surface area contributed by atoms with E-state index in [4.69, 9.17) is 0 Å². The highest BCUT2D eigenvalue weighted by molar-refractivity contribution is 14.1. The zero-order chi connectivity index (χ0) is 17.5. The van der Waals surface area contributed by atoms with Crippen molar-refractivity contribution in [3.8, 4) is 0 Å². The van der Waals surface area contributed by atoms with Crippen molar-refractivity contribution in [1.29, 1.82) is 0 Å². The molecule has 0 radical (unpaired) electrons. The minimum atomic E-state index is -1.07. The van der Waals surface area contributed by atoms with Gasteiger partial charge in [0.25, 0.3) is 0 Å². The summed E-state index contributed by atoms with van der Waals surface area (Å²) in [6.45, 7) is 0. The van der Waals surface area contributed by atoms with Gasteiger partial charge >= 0.3 is 5.97 Å². The van der Waals surface area contributed by atoms with Gasteiger partial charge in [-0.3, -0.25) is 4.79 Å². The Kier molecular flexibility index (Phi) is 6.72. The summed E-state index contributed by atoms with van der Waals surface area (Å²) in [5, 5.41) is 11.8. The third-order valence-corrected chi connectivity index (χ3v) is 4.26. The number of hydrogen-bond donors (Lipinski definition) is 2. The zero-order valence-electron chi connectivity index (χ0n) is 12.8. The van der Waals surface area contributed by atoms with Crippen LogP contribution in [0.15, 0.2) is 48.5 Å². The summed E-state index contributed by atoms with van der Waals surface area (Å²) in [4.78, 5) is 23.4. The van der Waals surface area contributed by atoms with Crippen LogP contribution in [0, 0.1) is 9.39 Å². The number of carbonyl (C=O) groups excluding carboxylic acids is 1. The molecular weight excluding hydrogens is 424 g/mol. The molecule has 6 heteroatoms. The van der Waals surface area contributed by atoms with E-state index in [0.29, 0.717) is 6.42 Å². The molecule has 126 valence electrons. The van der Waals surface area contributed by atoms with Crippen molar-refractivity contribution in [3.05, 3.63) is 69.0 Å². The van der Waals surface area contributed by atoms with Crippen LogP contribution in [-0.4, -0.2) is 23.0 Å². The highest BCUT2D eigenvalue weighted by Crippen LogP contribution is 2.10. The van der Waals surface area contributed by atoms with E-state index in [1.54, 1.807) is 12.1 Å². The summed E-state index contributed by atoms with van der Waals surface area (Å²) in [6.07, 6.45) is 0.818. The maximum absolute atomic E-state index is 12.8. The number of carboxylic acids is 1. The Morgan fingerprint density at radius 2 is 1.62 bits per heavy atom. The molecule has 24 heavy (non-hydrogen) atoms. The fourth-order valence-corrected chi connectivity index (χ4v) is 2.59. The average molecular weight is 441 g/mol. The maximum atomic E-state index is 12.8. The van der Waals surface area contributed by atoms with E-state index in [0.717, 1.165) is 14.7 Å². The van der Waals surface area contributed by atoms with E-state index in [-0.39, 0.29) is 24.6 Å². The molecule has 2 N–H and O–H groups in total. The van der Waals surface area contributed by atoms with E-state index in [9.17, 15) is 19.1 Å². The monoisotopic (exact) mass is 441 g/mol. The fourth-order valence-electron chi connectivity index (χ4n) is 2.23. The molecule has 0 saturated heterocycles. The number of carboxylic acid groups (broad SMARTS) is 1. The number of amides is 1. The zero-order valence-corrected chi connectivity index (χ0v) is 15.0. The molecule has 0 fully saturated rings. The molecule has 0 aliphatic carbocycles. The predicted molar refractivity (Wildman–Crippen MR) is 97.2 cm³/mol. The molecule has 0 bridgehead atoms. The summed E-state index contributed by atoms with van der Waals surface area (Å²) < 4.78 is 13.9. The van der Waals surface area contributed by atoms with E-state index < -0.39 is 12.0 Å². The van der Waals surface area contributed by atoms with Crippen LogP contribution in [0.1, 0.15) is 17.5 Å². The molecule has 1 unspecified atom stereocenters. The number of rotatable bonds is 7. The van der Waals surface area contributed by atoms with Gasteiger partial charge in [0.1, 0.15) is 11.9 Å². The molecule has 2 rings (SSSR count). The van der Waals surface area contributed by atoms with Crippen LogP contribution in [0.3, 0.4) is 0 Å². The number of aliphatic carboxylic acids is 1. The van der Waals surface area contributed by atoms with E-state index in [2.05, 4.69) is 27.9 Å². The molecule has 0 aromatic heterocycles. The Morgan fingerprint density at radius 1 is 1.04 bits per heavy atom. The third kappa shape index (κ3) is 5.92. The first-order chi connectivity index (χ1) is 11.4. The lowest BCUT2D eigenvalue weighted by molar-refractivity contribution is -0.141. The minimum Gasteiger partial charge on any atom is -0.480 e. The number of benzene rings is 2. The Bertz CT molecular complexity index is 701. The number of nitrogens with one attached hydrogen (secondary N) is 1. The van der Waals surface area contributed by atoms with Gasteiger partial charge in [-0.1, -0.05) is 24.3 Å². The molecule has 0 aliphatic heterocycles. The van der Waals surface area contributed by atoms with Crippen LogP contribution in [0.25, 0.3) is 0 Å². The molecule has 0 aliphatic rings. The lowest BCUT2D eigenvalue weighted by atomic mass is 10.1. The minimum absolute atomic E-state index is 0.155. The molecule has 0 spiro atoms. The topological polar surface area (TPSA) is 66.4 Å². The first-order valence-electron chi connectivity index (χ1n) is 7.45. The van der Waals surface area contributed by atoms with Gasteiger partial charge < -0.3 is 10.4 Å². The van der Waals surface area contributed by atoms with Crippen LogP contribution < -0.4 is 5.32 Å². The van der Waals surface area contributed by atoms with E-state index >= 15 is 0 Å². The lowest BCUT2D eigenvalue weighted by Crippen LogP contribution is -2.42. The SMILES string of the molecule is O=C(CCc1ccc(F)cc1)NC(Cc1ccc(I)cc1)C(=O)O. The Labute approximate surface area is 153 Å². The molecule has 4 nitrogen and oxygen atoms in total. The molecule has 2 aromatic carbocycles. The first kappa shape index (κ1) is 18.4. The largest absolute Gasteiger partial charge is 0.480 e. The van der Waals surface area contributed by atoms with E-state index in [1.165, 1.54) is 12.1 Å². The molecule has 1 amide bonds. The van der Waals surface area contributed by atoms with Gasteiger partial charge in [0.05, 0.1) is 0 Å². The van der Waals surface area contributed by atoms with Crippen molar-refractivity contribution in [1.82, 2.24) is 5.32 Å². The second-order valence-corrected chi connectivity index (χ2v) is 6.66. The molecule has 0 heterocycles. The van der Waals surface area contributed by atoms with Crippen molar-refractivity contribution in [2.75, 3.05) is 0 Å². The van der Waals surface area contributed by atoms with E-state index in [1.807, 2.05) is 24.3 Å². The maximum Gasteiger partial charge on any atom is 0.326 e. The third-order valence-electron chi connectivity index (χ3n) is 3.54. The summed E-state index contributed by atoms with van der Waals surface area (Å²) in [5.41, 5.74) is 1.68. The normalized spacial score (nSPS) is 11.8. The van der Waals surface area contributed by atoms with Crippen molar-refractivity contribution >= 4 is 34.5 Å². The van der Waals surface area contributed by atoms with Gasteiger partial charge in [0.15, 0.2) is 0 Å². The Hall–Kier alpha value is -1.96. The highest BCUT2D eigenvalue weighted by Gasteiger charge is 2.20. The molecule has 1 atom stereocenters. The van der Waals surface area contributed by atoms with Crippen molar-refractivity contribution in [2.24, 2.45) is 0 Å². The van der Waals surface area contributed by atoms with Crippen molar-refractivity contribution in [3.63, 3.8) is 0 Å². The predicted octanol–water partition coefficient (Wildman–Crippen LogP) is 3.18. The quantitative estimate of drug-likeness (QED) is 0.649. The summed E-state index contributed by atoms with van der Waals surface area (Å²) in [7, 11) is 0. The molecule has 2 aromatic rings. The van der Waals surface area contributed by atoms with Gasteiger partial charge in [0, 0.05) is 16.4 Å². The highest BCUT2D eigenvalue weighted by atomic mass is 127. The first-order valence-corrected chi connectivity index (χ1v) is 8.53. The summed E-state index contributed by atoms with van der Waals surface area (Å²) in [5.74, 6) is -1.73. The van der Waals surface area contributed by atoms with Crippen LogP contribution >= 0.6 is 22.6 Å². The number of halogens is 2. The van der Waals surface area contributed by atoms with Crippen LogP contribution in [0.5, 0.6) is 0 Å². The van der Waals surface area contributed by atoms with Gasteiger partial charge in [-0.05, 0) is 64.4 Å². The van der Waals surface area contributed by atoms with Gasteiger partial charge in [-0.25, -0.2) is 9.18 Å². The van der Waals surface area contributed by atoms with Gasteiger partial charge in [0.2, 0.25) is 5.91 Å². The van der Waals surface area contributed by atoms with Gasteiger partial charge in [-0.15, -0.1) is 0 Å². The fraction of sp³-hybridized carbons (Fsp3) is 0.222. The van der Waals surface area contributed by atoms with Gasteiger partial charge in [-0.2, -0.15) is 0 Å². The number of aryl methyl sites for hydroxylation is 1. The summed E-state index contributed by atoms with van der Waals surface area (Å²) in [6, 6.07) is 12.4. The number of carbonyl (C=O) groups is 2. The smallest absolute Gasteiger partial charge is 0.326 e. The van der Waals surface area contributed by atoms with Crippen LogP contribution in [-0.2, 0) is 22.4 Å². The Morgan fingerprint density at radius 3 is 2.21 bits per heavy atom.